The van der Waals surface area contributed by atoms with Gasteiger partial charge in [-0.05, 0) is 6.92 Å². The summed E-state index contributed by atoms with van der Waals surface area (Å²) in [5.41, 5.74) is 7.38. The van der Waals surface area contributed by atoms with E-state index in [0.717, 1.165) is 11.3 Å². The van der Waals surface area contributed by atoms with Crippen molar-refractivity contribution < 1.29 is 9.90 Å². The fourth-order valence-electron chi connectivity index (χ4n) is 1.18. The summed E-state index contributed by atoms with van der Waals surface area (Å²) in [7, 11) is 1.80. The number of hydrogen-bond acceptors (Lipinski definition) is 3. The minimum atomic E-state index is -0.893. The number of nitrogens with two attached hydrogens (primary N) is 1. The largest absolute Gasteiger partial charge is 0.481 e. The SMILES string of the molecule is Cc1c([C@@H](N)CC(=O)O)cnn1C. The maximum atomic E-state index is 10.4. The molecular weight excluding hydrogens is 170 g/mol. The quantitative estimate of drug-likeness (QED) is 0.701. The molecule has 0 aliphatic heterocycles. The number of aromatic nitrogens is 2. The van der Waals surface area contributed by atoms with Gasteiger partial charge < -0.3 is 10.8 Å². The first-order chi connectivity index (χ1) is 6.02. The lowest BCUT2D eigenvalue weighted by molar-refractivity contribution is -0.137. The molecule has 0 spiro atoms. The summed E-state index contributed by atoms with van der Waals surface area (Å²) in [6, 6.07) is -0.466. The third-order valence-corrected chi connectivity index (χ3v) is 2.07. The van der Waals surface area contributed by atoms with Gasteiger partial charge in [0.25, 0.3) is 0 Å². The van der Waals surface area contributed by atoms with Gasteiger partial charge in [-0.25, -0.2) is 0 Å². The van der Waals surface area contributed by atoms with E-state index in [4.69, 9.17) is 10.8 Å². The Hall–Kier alpha value is -1.36. The second kappa shape index (κ2) is 3.57. The molecule has 0 radical (unpaired) electrons. The Morgan fingerprint density at radius 1 is 1.85 bits per heavy atom. The summed E-state index contributed by atoms with van der Waals surface area (Å²) in [5, 5.41) is 12.5. The number of aliphatic carboxylic acids is 1. The molecule has 1 aromatic rings. The Morgan fingerprint density at radius 3 is 2.85 bits per heavy atom. The molecule has 0 amide bonds. The van der Waals surface area contributed by atoms with E-state index in [1.165, 1.54) is 0 Å². The molecule has 0 aliphatic rings. The lowest BCUT2D eigenvalue weighted by atomic mass is 10.1. The zero-order valence-corrected chi connectivity index (χ0v) is 7.69. The number of rotatable bonds is 3. The van der Waals surface area contributed by atoms with Gasteiger partial charge in [0.05, 0.1) is 12.6 Å². The smallest absolute Gasteiger partial charge is 0.305 e. The number of nitrogens with zero attached hydrogens (tertiary/aromatic N) is 2. The maximum Gasteiger partial charge on any atom is 0.305 e. The molecule has 0 aromatic carbocycles. The second-order valence-corrected chi connectivity index (χ2v) is 3.01. The molecule has 1 heterocycles. The zero-order valence-electron chi connectivity index (χ0n) is 7.69. The molecule has 1 rings (SSSR count). The van der Waals surface area contributed by atoms with E-state index in [9.17, 15) is 4.79 Å². The number of hydrogen-bond donors (Lipinski definition) is 2. The Bertz CT molecular complexity index is 319. The molecule has 1 atom stereocenters. The minimum absolute atomic E-state index is 0.0630. The van der Waals surface area contributed by atoms with Gasteiger partial charge in [-0.15, -0.1) is 0 Å². The molecule has 0 bridgehead atoms. The molecule has 13 heavy (non-hydrogen) atoms. The van der Waals surface area contributed by atoms with Crippen molar-refractivity contribution in [1.29, 1.82) is 0 Å². The van der Waals surface area contributed by atoms with Crippen LogP contribution in [-0.2, 0) is 11.8 Å². The summed E-state index contributed by atoms with van der Waals surface area (Å²) >= 11 is 0. The highest BCUT2D eigenvalue weighted by Crippen LogP contribution is 2.16. The molecule has 5 nitrogen and oxygen atoms in total. The number of carbonyl (C=O) groups is 1. The Balaban J connectivity index is 2.82. The Kier molecular flexibility index (Phi) is 2.67. The molecule has 72 valence electrons. The molecule has 0 saturated heterocycles. The van der Waals surface area contributed by atoms with Crippen LogP contribution < -0.4 is 5.73 Å². The van der Waals surface area contributed by atoms with E-state index in [1.54, 1.807) is 17.9 Å². The van der Waals surface area contributed by atoms with Gasteiger partial charge in [-0.1, -0.05) is 0 Å². The van der Waals surface area contributed by atoms with Gasteiger partial charge in [0, 0.05) is 24.3 Å². The maximum absolute atomic E-state index is 10.4. The molecule has 0 saturated carbocycles. The highest BCUT2D eigenvalue weighted by atomic mass is 16.4. The Morgan fingerprint density at radius 2 is 2.46 bits per heavy atom. The molecule has 0 unspecified atom stereocenters. The van der Waals surface area contributed by atoms with Gasteiger partial charge >= 0.3 is 5.97 Å². The van der Waals surface area contributed by atoms with Gasteiger partial charge in [0.1, 0.15) is 0 Å². The average Bonchev–Trinajstić information content (AvgIpc) is 2.31. The number of carboxylic acid groups (broad SMARTS) is 1. The lowest BCUT2D eigenvalue weighted by Gasteiger charge is -2.07. The Labute approximate surface area is 76.2 Å². The molecule has 1 aromatic heterocycles. The molecule has 0 aliphatic carbocycles. The summed E-state index contributed by atoms with van der Waals surface area (Å²) < 4.78 is 1.68. The fraction of sp³-hybridized carbons (Fsp3) is 0.500. The summed E-state index contributed by atoms with van der Waals surface area (Å²) in [6.07, 6.45) is 1.55. The zero-order chi connectivity index (χ0) is 10.0. The van der Waals surface area contributed by atoms with Crippen LogP contribution in [0.15, 0.2) is 6.20 Å². The van der Waals surface area contributed by atoms with Crippen molar-refractivity contribution in [2.45, 2.75) is 19.4 Å². The van der Waals surface area contributed by atoms with E-state index in [2.05, 4.69) is 5.10 Å². The van der Waals surface area contributed by atoms with Crippen molar-refractivity contribution in [3.8, 4) is 0 Å². The highest BCUT2D eigenvalue weighted by Gasteiger charge is 2.15. The molecule has 3 N–H and O–H groups in total. The highest BCUT2D eigenvalue weighted by molar-refractivity contribution is 5.67. The summed E-state index contributed by atoms with van der Waals surface area (Å²) in [6.45, 7) is 1.87. The summed E-state index contributed by atoms with van der Waals surface area (Å²) in [4.78, 5) is 10.4. The van der Waals surface area contributed by atoms with Crippen LogP contribution in [0.5, 0.6) is 0 Å². The average molecular weight is 183 g/mol. The van der Waals surface area contributed by atoms with Crippen molar-refractivity contribution in [2.75, 3.05) is 0 Å². The first-order valence-electron chi connectivity index (χ1n) is 3.98. The lowest BCUT2D eigenvalue weighted by Crippen LogP contribution is -2.15. The van der Waals surface area contributed by atoms with E-state index in [1.807, 2.05) is 6.92 Å². The van der Waals surface area contributed by atoms with Crippen molar-refractivity contribution in [2.24, 2.45) is 12.8 Å². The van der Waals surface area contributed by atoms with Gasteiger partial charge in [-0.2, -0.15) is 5.10 Å². The van der Waals surface area contributed by atoms with Gasteiger partial charge in [-0.3, -0.25) is 9.48 Å². The second-order valence-electron chi connectivity index (χ2n) is 3.01. The van der Waals surface area contributed by atoms with Crippen LogP contribution in [0.25, 0.3) is 0 Å². The van der Waals surface area contributed by atoms with Crippen LogP contribution in [0.4, 0.5) is 0 Å². The van der Waals surface area contributed by atoms with Crippen LogP contribution in [0.2, 0.25) is 0 Å². The third kappa shape index (κ3) is 2.06. The normalized spacial score (nSPS) is 12.8. The van der Waals surface area contributed by atoms with Crippen LogP contribution in [0.1, 0.15) is 23.7 Å². The van der Waals surface area contributed by atoms with Crippen LogP contribution in [0, 0.1) is 6.92 Å². The summed E-state index contributed by atoms with van der Waals surface area (Å²) in [5.74, 6) is -0.893. The predicted octanol–water partition coefficient (Wildman–Crippen LogP) is 0.203. The number of aryl methyl sites for hydroxylation is 1. The van der Waals surface area contributed by atoms with E-state index in [-0.39, 0.29) is 6.42 Å². The van der Waals surface area contributed by atoms with Gasteiger partial charge in [0.2, 0.25) is 0 Å². The van der Waals surface area contributed by atoms with Gasteiger partial charge in [0.15, 0.2) is 0 Å². The van der Waals surface area contributed by atoms with Crippen molar-refractivity contribution in [1.82, 2.24) is 9.78 Å². The fourth-order valence-corrected chi connectivity index (χ4v) is 1.18. The van der Waals surface area contributed by atoms with Crippen LogP contribution in [0.3, 0.4) is 0 Å². The topological polar surface area (TPSA) is 81.1 Å². The first-order valence-corrected chi connectivity index (χ1v) is 3.98. The standard InChI is InChI=1S/C8H13N3O2/c1-5-6(4-10-11(5)2)7(9)3-8(12)13/h4,7H,3,9H2,1-2H3,(H,12,13)/t7-/m0/s1. The van der Waals surface area contributed by atoms with E-state index >= 15 is 0 Å². The van der Waals surface area contributed by atoms with Crippen molar-refractivity contribution in [3.05, 3.63) is 17.5 Å². The third-order valence-electron chi connectivity index (χ3n) is 2.07. The molecular formula is C8H13N3O2. The van der Waals surface area contributed by atoms with E-state index in [0.29, 0.717) is 0 Å². The first kappa shape index (κ1) is 9.73. The van der Waals surface area contributed by atoms with Crippen molar-refractivity contribution in [3.63, 3.8) is 0 Å². The number of carboxylic acids is 1. The monoisotopic (exact) mass is 183 g/mol. The minimum Gasteiger partial charge on any atom is -0.481 e. The molecule has 0 fully saturated rings. The van der Waals surface area contributed by atoms with Crippen LogP contribution in [-0.4, -0.2) is 20.9 Å². The predicted molar refractivity (Wildman–Crippen MR) is 47.1 cm³/mol. The van der Waals surface area contributed by atoms with Crippen LogP contribution >= 0.6 is 0 Å². The van der Waals surface area contributed by atoms with E-state index < -0.39 is 12.0 Å². The molecule has 5 heteroatoms. The van der Waals surface area contributed by atoms with Crippen molar-refractivity contribution >= 4 is 5.97 Å².